The molecule has 5 nitrogen and oxygen atoms in total. The second kappa shape index (κ2) is 6.87. The summed E-state index contributed by atoms with van der Waals surface area (Å²) >= 11 is 0. The van der Waals surface area contributed by atoms with Gasteiger partial charge in [0.1, 0.15) is 11.3 Å². The van der Waals surface area contributed by atoms with Gasteiger partial charge in [-0.05, 0) is 25.1 Å². The maximum atomic E-state index is 11.8. The Kier molecular flexibility index (Phi) is 4.51. The van der Waals surface area contributed by atoms with Crippen LogP contribution in [0.3, 0.4) is 0 Å². The average Bonchev–Trinajstić information content (AvgIpc) is 3.03. The molecule has 0 aliphatic carbocycles. The lowest BCUT2D eigenvalue weighted by Gasteiger charge is -2.22. The molecule has 0 unspecified atom stereocenters. The third kappa shape index (κ3) is 3.82. The largest absolute Gasteiger partial charge is 0.455 e. The summed E-state index contributed by atoms with van der Waals surface area (Å²) in [5, 5.41) is 0.850. The molecule has 1 N–H and O–H groups in total. The van der Waals surface area contributed by atoms with Crippen LogP contribution in [0.4, 0.5) is 5.69 Å². The lowest BCUT2D eigenvalue weighted by molar-refractivity contribution is 0.493. The molecule has 0 amide bonds. The van der Waals surface area contributed by atoms with Gasteiger partial charge in [-0.3, -0.25) is 4.72 Å². The van der Waals surface area contributed by atoms with Crippen LogP contribution in [-0.2, 0) is 10.0 Å². The molecule has 2 aromatic carbocycles. The monoisotopic (exact) mass is 394 g/mol. The van der Waals surface area contributed by atoms with E-state index in [-0.39, 0.29) is 0 Å². The number of nitrogens with one attached hydrogen (secondary N) is 1. The van der Waals surface area contributed by atoms with E-state index < -0.39 is 10.0 Å². The molecule has 2 heterocycles. The van der Waals surface area contributed by atoms with Gasteiger partial charge in [-0.15, -0.1) is 0 Å². The maximum Gasteiger partial charge on any atom is 0.229 e. The molecule has 3 aromatic rings. The van der Waals surface area contributed by atoms with Crippen molar-refractivity contribution in [1.29, 1.82) is 0 Å². The Morgan fingerprint density at radius 1 is 1.11 bits per heavy atom. The first-order valence-electron chi connectivity index (χ1n) is 8.99. The predicted molar refractivity (Wildman–Crippen MR) is 114 cm³/mol. The van der Waals surface area contributed by atoms with Crippen LogP contribution in [0.5, 0.6) is 0 Å². The lowest BCUT2D eigenvalue weighted by Crippen LogP contribution is -2.17. The van der Waals surface area contributed by atoms with E-state index in [4.69, 9.17) is 4.42 Å². The zero-order chi connectivity index (χ0) is 19.9. The Balaban J connectivity index is 1.94. The summed E-state index contributed by atoms with van der Waals surface area (Å²) in [6, 6.07) is 15.5. The van der Waals surface area contributed by atoms with Gasteiger partial charge in [0, 0.05) is 47.6 Å². The van der Waals surface area contributed by atoms with Gasteiger partial charge in [-0.1, -0.05) is 42.0 Å². The molecule has 0 radical (unpaired) electrons. The SMILES string of the molecule is CC1=CC(c2cc(NS(C)(=O)=O)cc3cc(-c4ccccc4)oc23)=CN(C)C1. The number of rotatable bonds is 4. The fourth-order valence-electron chi connectivity index (χ4n) is 3.56. The van der Waals surface area contributed by atoms with E-state index in [1.807, 2.05) is 49.5 Å². The molecule has 0 fully saturated rings. The molecule has 6 heteroatoms. The summed E-state index contributed by atoms with van der Waals surface area (Å²) in [7, 11) is -1.37. The minimum Gasteiger partial charge on any atom is -0.455 e. The highest BCUT2D eigenvalue weighted by Crippen LogP contribution is 2.37. The van der Waals surface area contributed by atoms with Gasteiger partial charge in [0.05, 0.1) is 6.26 Å². The number of fused-ring (bicyclic) bond motifs is 1. The zero-order valence-corrected chi connectivity index (χ0v) is 16.9. The first kappa shape index (κ1) is 18.4. The van der Waals surface area contributed by atoms with Crippen molar-refractivity contribution in [3.8, 4) is 11.3 Å². The van der Waals surface area contributed by atoms with Crippen LogP contribution >= 0.6 is 0 Å². The Morgan fingerprint density at radius 3 is 2.54 bits per heavy atom. The quantitative estimate of drug-likeness (QED) is 0.696. The maximum absolute atomic E-state index is 11.8. The van der Waals surface area contributed by atoms with Gasteiger partial charge in [0.2, 0.25) is 10.0 Å². The Morgan fingerprint density at radius 2 is 1.86 bits per heavy atom. The van der Waals surface area contributed by atoms with Crippen LogP contribution in [0.2, 0.25) is 0 Å². The smallest absolute Gasteiger partial charge is 0.229 e. The molecule has 0 bridgehead atoms. The molecule has 0 saturated carbocycles. The molecule has 0 saturated heterocycles. The van der Waals surface area contributed by atoms with Gasteiger partial charge >= 0.3 is 0 Å². The van der Waals surface area contributed by atoms with Crippen LogP contribution in [0, 0.1) is 0 Å². The number of anilines is 1. The van der Waals surface area contributed by atoms with Crippen molar-refractivity contribution in [2.75, 3.05) is 24.6 Å². The minimum atomic E-state index is -3.39. The molecular formula is C22H22N2O3S. The second-order valence-corrected chi connectivity index (χ2v) is 9.03. The Labute approximate surface area is 165 Å². The van der Waals surface area contributed by atoms with Crippen molar-refractivity contribution in [2.45, 2.75) is 6.92 Å². The van der Waals surface area contributed by atoms with Crippen molar-refractivity contribution in [2.24, 2.45) is 0 Å². The van der Waals surface area contributed by atoms with Crippen LogP contribution in [0.25, 0.3) is 27.9 Å². The van der Waals surface area contributed by atoms with Crippen molar-refractivity contribution < 1.29 is 12.8 Å². The highest BCUT2D eigenvalue weighted by atomic mass is 32.2. The second-order valence-electron chi connectivity index (χ2n) is 7.28. The van der Waals surface area contributed by atoms with Crippen molar-refractivity contribution in [1.82, 2.24) is 4.90 Å². The molecule has 1 aromatic heterocycles. The van der Waals surface area contributed by atoms with E-state index in [9.17, 15) is 8.42 Å². The summed E-state index contributed by atoms with van der Waals surface area (Å²) in [6.07, 6.45) is 5.32. The number of sulfonamides is 1. The number of likely N-dealkylation sites (N-methyl/N-ethyl adjacent to an activating group) is 1. The summed E-state index contributed by atoms with van der Waals surface area (Å²) in [5.74, 6) is 0.749. The van der Waals surface area contributed by atoms with Crippen LogP contribution < -0.4 is 4.72 Å². The van der Waals surface area contributed by atoms with Gasteiger partial charge in [-0.2, -0.15) is 0 Å². The van der Waals surface area contributed by atoms with Crippen molar-refractivity contribution >= 4 is 32.3 Å². The van der Waals surface area contributed by atoms with E-state index in [1.54, 1.807) is 6.07 Å². The number of nitrogens with zero attached hydrogens (tertiary/aromatic N) is 1. The number of benzene rings is 2. The highest BCUT2D eigenvalue weighted by Gasteiger charge is 2.17. The molecule has 1 aliphatic heterocycles. The fourth-order valence-corrected chi connectivity index (χ4v) is 4.10. The van der Waals surface area contributed by atoms with E-state index in [0.717, 1.165) is 46.2 Å². The number of hydrogen-bond donors (Lipinski definition) is 1. The lowest BCUT2D eigenvalue weighted by atomic mass is 9.99. The normalized spacial score (nSPS) is 14.8. The number of furan rings is 1. The first-order chi connectivity index (χ1) is 13.3. The van der Waals surface area contributed by atoms with Crippen LogP contribution in [0.15, 0.2) is 70.8 Å². The molecule has 4 rings (SSSR count). The Hall–Kier alpha value is -2.99. The van der Waals surface area contributed by atoms with Crippen LogP contribution in [0.1, 0.15) is 12.5 Å². The topological polar surface area (TPSA) is 62.6 Å². The molecular weight excluding hydrogens is 372 g/mol. The zero-order valence-electron chi connectivity index (χ0n) is 16.1. The summed E-state index contributed by atoms with van der Waals surface area (Å²) in [4.78, 5) is 2.11. The van der Waals surface area contributed by atoms with Gasteiger partial charge in [0.25, 0.3) is 0 Å². The molecule has 28 heavy (non-hydrogen) atoms. The van der Waals surface area contributed by atoms with Gasteiger partial charge < -0.3 is 9.32 Å². The van der Waals surface area contributed by atoms with E-state index in [0.29, 0.717) is 5.69 Å². The fraction of sp³-hybridized carbons (Fsp3) is 0.182. The van der Waals surface area contributed by atoms with Crippen molar-refractivity contribution in [3.63, 3.8) is 0 Å². The molecule has 1 aliphatic rings. The minimum absolute atomic E-state index is 0.519. The van der Waals surface area contributed by atoms with Crippen LogP contribution in [-0.4, -0.2) is 33.2 Å². The van der Waals surface area contributed by atoms with Gasteiger partial charge in [0.15, 0.2) is 0 Å². The van der Waals surface area contributed by atoms with E-state index in [1.165, 1.54) is 5.57 Å². The predicted octanol–water partition coefficient (Wildman–Crippen LogP) is 4.70. The number of allylic oxidation sites excluding steroid dienone is 2. The third-order valence-electron chi connectivity index (χ3n) is 4.55. The summed E-state index contributed by atoms with van der Waals surface area (Å²) < 4.78 is 32.4. The molecule has 0 atom stereocenters. The highest BCUT2D eigenvalue weighted by molar-refractivity contribution is 7.92. The van der Waals surface area contributed by atoms with E-state index >= 15 is 0 Å². The third-order valence-corrected chi connectivity index (χ3v) is 5.16. The van der Waals surface area contributed by atoms with E-state index in [2.05, 4.69) is 28.8 Å². The van der Waals surface area contributed by atoms with Gasteiger partial charge in [-0.25, -0.2) is 8.42 Å². The molecule has 144 valence electrons. The number of hydrogen-bond acceptors (Lipinski definition) is 4. The Bertz CT molecular complexity index is 1210. The standard InChI is InChI=1S/C22H22N2O3S/c1-15-9-18(14-24(2)13-15)20-12-19(23-28(3,25)26)10-17-11-21(27-22(17)20)16-7-5-4-6-8-16/h4-12,14,23H,13H2,1-3H3. The summed E-state index contributed by atoms with van der Waals surface area (Å²) in [6.45, 7) is 2.94. The van der Waals surface area contributed by atoms with Crippen molar-refractivity contribution in [3.05, 3.63) is 71.9 Å². The molecule has 0 spiro atoms. The summed E-state index contributed by atoms with van der Waals surface area (Å²) in [5.41, 5.74) is 5.31. The average molecular weight is 394 g/mol. The first-order valence-corrected chi connectivity index (χ1v) is 10.9.